The number of nitrogen functional groups attached to an aromatic ring is 1. The molecule has 2 rings (SSSR count). The van der Waals surface area contributed by atoms with Gasteiger partial charge in [0.1, 0.15) is 0 Å². The zero-order valence-corrected chi connectivity index (χ0v) is 9.12. The fourth-order valence-corrected chi connectivity index (χ4v) is 1.96. The van der Waals surface area contributed by atoms with Gasteiger partial charge in [0.15, 0.2) is 11.6 Å². The first-order chi connectivity index (χ1) is 8.04. The average Bonchev–Trinajstić information content (AvgIpc) is 2.68. The van der Waals surface area contributed by atoms with E-state index in [0.717, 1.165) is 6.07 Å². The van der Waals surface area contributed by atoms with Gasteiger partial charge in [-0.25, -0.2) is 8.78 Å². The summed E-state index contributed by atoms with van der Waals surface area (Å²) in [6.45, 7) is 0.774. The second-order valence-electron chi connectivity index (χ2n) is 4.10. The normalized spacial score (nSPS) is 20.1. The Morgan fingerprint density at radius 1 is 1.41 bits per heavy atom. The number of nitrogens with zero attached hydrogens (tertiary/aromatic N) is 1. The first kappa shape index (κ1) is 11.8. The quantitative estimate of drug-likeness (QED) is 0.754. The van der Waals surface area contributed by atoms with E-state index in [2.05, 4.69) is 0 Å². The summed E-state index contributed by atoms with van der Waals surface area (Å²) in [4.78, 5) is 13.0. The fourth-order valence-electron chi connectivity index (χ4n) is 1.96. The van der Waals surface area contributed by atoms with Crippen molar-refractivity contribution in [1.82, 2.24) is 0 Å². The predicted octanol–water partition coefficient (Wildman–Crippen LogP) is 0.859. The van der Waals surface area contributed by atoms with Gasteiger partial charge in [-0.3, -0.25) is 4.79 Å². The van der Waals surface area contributed by atoms with Gasteiger partial charge < -0.3 is 16.4 Å². The molecule has 1 aromatic rings. The Bertz CT molecular complexity index is 464. The van der Waals surface area contributed by atoms with Gasteiger partial charge in [0.25, 0.3) is 0 Å². The van der Waals surface area contributed by atoms with Crippen molar-refractivity contribution in [3.8, 4) is 0 Å². The van der Waals surface area contributed by atoms with Crippen molar-refractivity contribution in [2.24, 2.45) is 11.7 Å². The van der Waals surface area contributed by atoms with Gasteiger partial charge in [-0.2, -0.15) is 0 Å². The third kappa shape index (κ3) is 1.95. The van der Waals surface area contributed by atoms with E-state index in [-0.39, 0.29) is 23.2 Å². The minimum Gasteiger partial charge on any atom is -0.395 e. The number of carbonyl (C=O) groups is 1. The maximum Gasteiger partial charge on any atom is 0.227 e. The van der Waals surface area contributed by atoms with Gasteiger partial charge in [-0.1, -0.05) is 0 Å². The first-order valence-corrected chi connectivity index (χ1v) is 5.28. The number of anilines is 2. The van der Waals surface area contributed by atoms with Crippen LogP contribution in [0.25, 0.3) is 0 Å². The molecule has 1 aromatic carbocycles. The molecule has 1 amide bonds. The number of hydrogen-bond donors (Lipinski definition) is 2. The maximum absolute atomic E-state index is 13.3. The van der Waals surface area contributed by atoms with Crippen molar-refractivity contribution >= 4 is 17.3 Å². The lowest BCUT2D eigenvalue weighted by molar-refractivity contribution is -0.117. The highest BCUT2D eigenvalue weighted by molar-refractivity contribution is 5.98. The number of hydrogen-bond acceptors (Lipinski definition) is 3. The molecule has 1 saturated heterocycles. The highest BCUT2D eigenvalue weighted by atomic mass is 19.2. The summed E-state index contributed by atoms with van der Waals surface area (Å²) in [6, 6.07) is 2.27. The Balaban J connectivity index is 2.35. The molecule has 17 heavy (non-hydrogen) atoms. The Morgan fingerprint density at radius 3 is 2.71 bits per heavy atom. The van der Waals surface area contributed by atoms with E-state index in [9.17, 15) is 13.6 Å². The molecule has 0 bridgehead atoms. The van der Waals surface area contributed by atoms with E-state index in [1.807, 2.05) is 0 Å². The smallest absolute Gasteiger partial charge is 0.227 e. The highest BCUT2D eigenvalue weighted by Gasteiger charge is 2.31. The van der Waals surface area contributed by atoms with Crippen LogP contribution < -0.4 is 16.4 Å². The highest BCUT2D eigenvalue weighted by Crippen LogP contribution is 2.31. The van der Waals surface area contributed by atoms with Crippen LogP contribution in [0.1, 0.15) is 6.42 Å². The van der Waals surface area contributed by atoms with E-state index < -0.39 is 11.6 Å². The second-order valence-corrected chi connectivity index (χ2v) is 4.10. The van der Waals surface area contributed by atoms with E-state index in [1.54, 1.807) is 0 Å². The van der Waals surface area contributed by atoms with Crippen molar-refractivity contribution in [3.05, 3.63) is 23.8 Å². The van der Waals surface area contributed by atoms with E-state index in [1.165, 1.54) is 11.0 Å². The molecule has 4 nitrogen and oxygen atoms in total. The van der Waals surface area contributed by atoms with Gasteiger partial charge in [0.2, 0.25) is 5.91 Å². The molecule has 92 valence electrons. The average molecular weight is 241 g/mol. The number of carbonyl (C=O) groups excluding carboxylic acids is 1. The zero-order valence-electron chi connectivity index (χ0n) is 9.12. The topological polar surface area (TPSA) is 72.4 Å². The third-order valence-corrected chi connectivity index (χ3v) is 2.94. The molecule has 1 aliphatic heterocycles. The zero-order chi connectivity index (χ0) is 12.6. The van der Waals surface area contributed by atoms with Crippen molar-refractivity contribution < 1.29 is 13.6 Å². The van der Waals surface area contributed by atoms with Gasteiger partial charge in [-0.15, -0.1) is 0 Å². The Kier molecular flexibility index (Phi) is 2.97. The molecule has 0 spiro atoms. The third-order valence-electron chi connectivity index (χ3n) is 2.94. The molecule has 1 fully saturated rings. The molecule has 0 saturated carbocycles. The molecule has 0 aromatic heterocycles. The van der Waals surface area contributed by atoms with Crippen molar-refractivity contribution in [1.29, 1.82) is 0 Å². The van der Waals surface area contributed by atoms with Crippen LogP contribution in [0, 0.1) is 17.6 Å². The summed E-state index contributed by atoms with van der Waals surface area (Å²) < 4.78 is 26.2. The van der Waals surface area contributed by atoms with Gasteiger partial charge in [0.05, 0.1) is 11.4 Å². The minimum atomic E-state index is -1.12. The lowest BCUT2D eigenvalue weighted by atomic mass is 10.1. The van der Waals surface area contributed by atoms with Crippen molar-refractivity contribution in [2.75, 3.05) is 23.7 Å². The lowest BCUT2D eigenvalue weighted by Gasteiger charge is -2.19. The monoisotopic (exact) mass is 241 g/mol. The number of amides is 1. The van der Waals surface area contributed by atoms with E-state index in [0.29, 0.717) is 19.5 Å². The second kappa shape index (κ2) is 4.29. The number of benzene rings is 1. The Labute approximate surface area is 97.2 Å². The Morgan fingerprint density at radius 2 is 2.12 bits per heavy atom. The van der Waals surface area contributed by atoms with Crippen LogP contribution in [-0.4, -0.2) is 19.0 Å². The van der Waals surface area contributed by atoms with Crippen molar-refractivity contribution in [3.63, 3.8) is 0 Å². The molecular formula is C11H13F2N3O. The molecule has 4 N–H and O–H groups in total. The lowest BCUT2D eigenvalue weighted by Crippen LogP contribution is -2.27. The number of rotatable bonds is 2. The van der Waals surface area contributed by atoms with E-state index in [4.69, 9.17) is 11.5 Å². The largest absolute Gasteiger partial charge is 0.395 e. The summed E-state index contributed by atoms with van der Waals surface area (Å²) in [5, 5.41) is 0. The molecule has 1 atom stereocenters. The summed E-state index contributed by atoms with van der Waals surface area (Å²) in [6.07, 6.45) is 0.314. The fraction of sp³-hybridized carbons (Fsp3) is 0.364. The Hall–Kier alpha value is -1.69. The molecular weight excluding hydrogens is 228 g/mol. The van der Waals surface area contributed by atoms with Crippen LogP contribution in [-0.2, 0) is 4.79 Å². The van der Waals surface area contributed by atoms with Gasteiger partial charge in [0, 0.05) is 13.0 Å². The molecule has 1 heterocycles. The number of halogens is 2. The summed E-state index contributed by atoms with van der Waals surface area (Å²) in [5.41, 5.74) is 10.8. The van der Waals surface area contributed by atoms with Crippen LogP contribution in [0.2, 0.25) is 0 Å². The molecule has 1 aliphatic rings. The summed E-state index contributed by atoms with van der Waals surface area (Å²) >= 11 is 0. The van der Waals surface area contributed by atoms with Crippen LogP contribution in [0.3, 0.4) is 0 Å². The summed E-state index contributed by atoms with van der Waals surface area (Å²) in [5.74, 6) is -2.27. The van der Waals surface area contributed by atoms with Crippen LogP contribution in [0.15, 0.2) is 12.1 Å². The van der Waals surface area contributed by atoms with Crippen LogP contribution in [0.4, 0.5) is 20.2 Å². The van der Waals surface area contributed by atoms with Crippen LogP contribution >= 0.6 is 0 Å². The SMILES string of the molecule is NCC1CC(=O)N(c2ccc(F)c(F)c2N)C1. The van der Waals surface area contributed by atoms with Crippen LogP contribution in [0.5, 0.6) is 0 Å². The molecule has 0 aliphatic carbocycles. The molecule has 6 heteroatoms. The first-order valence-electron chi connectivity index (χ1n) is 5.28. The van der Waals surface area contributed by atoms with Gasteiger partial charge >= 0.3 is 0 Å². The van der Waals surface area contributed by atoms with Gasteiger partial charge in [-0.05, 0) is 24.6 Å². The maximum atomic E-state index is 13.3. The molecule has 1 unspecified atom stereocenters. The molecule has 0 radical (unpaired) electrons. The predicted molar refractivity (Wildman–Crippen MR) is 60.3 cm³/mol. The van der Waals surface area contributed by atoms with Crippen molar-refractivity contribution in [2.45, 2.75) is 6.42 Å². The summed E-state index contributed by atoms with van der Waals surface area (Å²) in [7, 11) is 0. The number of nitrogens with two attached hydrogens (primary N) is 2. The standard InChI is InChI=1S/C11H13F2N3O/c12-7-1-2-8(11(15)10(7)13)16-5-6(4-14)3-9(16)17/h1-2,6H,3-5,14-15H2. The minimum absolute atomic E-state index is 0.0371. The van der Waals surface area contributed by atoms with E-state index >= 15 is 0 Å².